The van der Waals surface area contributed by atoms with Gasteiger partial charge in [-0.3, -0.25) is 0 Å². The number of benzene rings is 8. The van der Waals surface area contributed by atoms with Crippen molar-refractivity contribution in [3.8, 4) is 33.4 Å². The summed E-state index contributed by atoms with van der Waals surface area (Å²) >= 11 is 0. The fourth-order valence-corrected chi connectivity index (χ4v) is 9.60. The van der Waals surface area contributed by atoms with E-state index in [4.69, 9.17) is 9.40 Å². The Morgan fingerprint density at radius 2 is 0.982 bits per heavy atom. The Morgan fingerprint density at radius 3 is 1.69 bits per heavy atom. The minimum absolute atomic E-state index is 0.442. The Labute approximate surface area is 318 Å². The van der Waals surface area contributed by atoms with Crippen LogP contribution in [0.1, 0.15) is 22.3 Å². The lowest BCUT2D eigenvalue weighted by molar-refractivity contribution is 0.657. The van der Waals surface area contributed by atoms with Gasteiger partial charge in [0.25, 0.3) is 0 Å². The summed E-state index contributed by atoms with van der Waals surface area (Å²) in [7, 11) is 0. The second-order valence-corrected chi connectivity index (χ2v) is 14.7. The van der Waals surface area contributed by atoms with E-state index in [2.05, 4.69) is 193 Å². The van der Waals surface area contributed by atoms with Crippen molar-refractivity contribution in [2.24, 2.45) is 0 Å². The van der Waals surface area contributed by atoms with Crippen molar-refractivity contribution in [1.29, 1.82) is 0 Å². The minimum Gasteiger partial charge on any atom is -0.437 e. The molecule has 0 radical (unpaired) electrons. The average Bonchev–Trinajstić information content (AvgIpc) is 3.88. The molecule has 0 atom stereocenters. The van der Waals surface area contributed by atoms with Gasteiger partial charge in [-0.2, -0.15) is 0 Å². The number of furan rings is 1. The molecule has 12 rings (SSSR count). The second kappa shape index (κ2) is 11.4. The van der Waals surface area contributed by atoms with Crippen LogP contribution in [0, 0.1) is 0 Å². The SMILES string of the molecule is c1ccc(-c2ccc(N(c3ccc4c(c3)C3(c5ccccc5-c5ccccc53)c3ccccc3-4)c3cnc4oc5c6ccccc6ccc5c4c3)cc2)cc1. The van der Waals surface area contributed by atoms with Crippen LogP contribution in [0.3, 0.4) is 0 Å². The third kappa shape index (κ3) is 4.18. The first-order valence-corrected chi connectivity index (χ1v) is 18.9. The zero-order valence-electron chi connectivity index (χ0n) is 29.8. The molecule has 0 saturated carbocycles. The van der Waals surface area contributed by atoms with Crippen LogP contribution in [0.5, 0.6) is 0 Å². The van der Waals surface area contributed by atoms with Crippen molar-refractivity contribution < 1.29 is 4.42 Å². The van der Waals surface area contributed by atoms with Crippen LogP contribution >= 0.6 is 0 Å². The first-order chi connectivity index (χ1) is 27.3. The van der Waals surface area contributed by atoms with Gasteiger partial charge in [0.2, 0.25) is 5.71 Å². The van der Waals surface area contributed by atoms with Gasteiger partial charge in [-0.25, -0.2) is 4.98 Å². The molecule has 8 aromatic carbocycles. The lowest BCUT2D eigenvalue weighted by Crippen LogP contribution is -2.26. The highest BCUT2D eigenvalue weighted by molar-refractivity contribution is 6.15. The number of nitrogens with zero attached hydrogens (tertiary/aromatic N) is 2. The largest absolute Gasteiger partial charge is 0.437 e. The second-order valence-electron chi connectivity index (χ2n) is 14.7. The predicted molar refractivity (Wildman–Crippen MR) is 225 cm³/mol. The number of hydrogen-bond donors (Lipinski definition) is 0. The molecule has 0 saturated heterocycles. The fraction of sp³-hybridized carbons (Fsp3) is 0.0192. The van der Waals surface area contributed by atoms with Crippen LogP contribution in [0.2, 0.25) is 0 Å². The summed E-state index contributed by atoms with van der Waals surface area (Å²) in [5, 5.41) is 4.30. The number of pyridine rings is 1. The summed E-state index contributed by atoms with van der Waals surface area (Å²) in [6.07, 6.45) is 1.95. The topological polar surface area (TPSA) is 29.3 Å². The van der Waals surface area contributed by atoms with Crippen molar-refractivity contribution in [1.82, 2.24) is 4.98 Å². The summed E-state index contributed by atoms with van der Waals surface area (Å²) < 4.78 is 6.47. The van der Waals surface area contributed by atoms with Gasteiger partial charge in [-0.1, -0.05) is 152 Å². The predicted octanol–water partition coefficient (Wildman–Crippen LogP) is 13.6. The smallest absolute Gasteiger partial charge is 0.227 e. The standard InChI is InChI=1S/C52H32N2O/c1-2-12-33(13-3-1)34-22-25-36(26-23-34)54(38-30-45-44-28-24-35-14-4-5-15-39(35)50(44)55-51(45)53-32-38)37-27-29-43-42-18-8-11-21-48(42)52(49(43)31-37)46-19-9-6-16-40(46)41-17-7-10-20-47(41)52/h1-32H. The van der Waals surface area contributed by atoms with Crippen molar-refractivity contribution in [3.63, 3.8) is 0 Å². The molecule has 0 amide bonds. The van der Waals surface area contributed by atoms with E-state index in [1.165, 1.54) is 55.6 Å². The van der Waals surface area contributed by atoms with Gasteiger partial charge in [-0.15, -0.1) is 0 Å². The molecule has 3 heteroatoms. The van der Waals surface area contributed by atoms with Crippen LogP contribution in [-0.4, -0.2) is 4.98 Å². The van der Waals surface area contributed by atoms with E-state index in [9.17, 15) is 0 Å². The molecule has 0 fully saturated rings. The fourth-order valence-electron chi connectivity index (χ4n) is 9.60. The molecule has 2 aromatic heterocycles. The molecule has 2 heterocycles. The maximum Gasteiger partial charge on any atom is 0.227 e. The first-order valence-electron chi connectivity index (χ1n) is 18.9. The van der Waals surface area contributed by atoms with E-state index < -0.39 is 5.41 Å². The molecule has 55 heavy (non-hydrogen) atoms. The van der Waals surface area contributed by atoms with E-state index in [1.54, 1.807) is 0 Å². The number of rotatable bonds is 4. The highest BCUT2D eigenvalue weighted by atomic mass is 16.3. The molecule has 0 aliphatic heterocycles. The maximum absolute atomic E-state index is 6.47. The lowest BCUT2D eigenvalue weighted by Gasteiger charge is -2.32. The minimum atomic E-state index is -0.442. The maximum atomic E-state index is 6.47. The molecule has 1 spiro atoms. The quantitative estimate of drug-likeness (QED) is 0.183. The Bertz CT molecular complexity index is 3090. The Kier molecular flexibility index (Phi) is 6.26. The molecular weight excluding hydrogens is 669 g/mol. The summed E-state index contributed by atoms with van der Waals surface area (Å²) in [4.78, 5) is 7.34. The van der Waals surface area contributed by atoms with Crippen LogP contribution in [0.4, 0.5) is 17.1 Å². The van der Waals surface area contributed by atoms with Gasteiger partial charge in [-0.05, 0) is 97.4 Å². The van der Waals surface area contributed by atoms with Gasteiger partial charge in [0, 0.05) is 22.1 Å². The third-order valence-corrected chi connectivity index (χ3v) is 11.9. The normalized spacial score (nSPS) is 13.2. The summed E-state index contributed by atoms with van der Waals surface area (Å²) in [6, 6.07) is 68.4. The first kappa shape index (κ1) is 30.3. The molecule has 2 aliphatic rings. The van der Waals surface area contributed by atoms with Crippen LogP contribution in [0.15, 0.2) is 199 Å². The summed E-state index contributed by atoms with van der Waals surface area (Å²) in [5.41, 5.74) is 17.0. The number of fused-ring (bicyclic) bond motifs is 15. The van der Waals surface area contributed by atoms with E-state index in [1.807, 2.05) is 6.20 Å². The molecule has 0 unspecified atom stereocenters. The van der Waals surface area contributed by atoms with Gasteiger partial charge in [0.1, 0.15) is 5.58 Å². The van der Waals surface area contributed by atoms with E-state index in [-0.39, 0.29) is 0 Å². The zero-order valence-corrected chi connectivity index (χ0v) is 29.8. The Morgan fingerprint density at radius 1 is 0.400 bits per heavy atom. The highest BCUT2D eigenvalue weighted by Crippen LogP contribution is 2.63. The van der Waals surface area contributed by atoms with E-state index in [0.717, 1.165) is 44.2 Å². The molecule has 3 nitrogen and oxygen atoms in total. The molecule has 0 N–H and O–H groups in total. The third-order valence-electron chi connectivity index (χ3n) is 11.9. The van der Waals surface area contributed by atoms with Crippen LogP contribution in [-0.2, 0) is 5.41 Å². The lowest BCUT2D eigenvalue weighted by atomic mass is 9.70. The molecule has 2 aliphatic carbocycles. The molecule has 0 bridgehead atoms. The van der Waals surface area contributed by atoms with Gasteiger partial charge in [0.05, 0.1) is 22.7 Å². The highest BCUT2D eigenvalue weighted by Gasteiger charge is 2.51. The molecule has 10 aromatic rings. The van der Waals surface area contributed by atoms with Gasteiger partial charge >= 0.3 is 0 Å². The van der Waals surface area contributed by atoms with Crippen molar-refractivity contribution >= 4 is 49.9 Å². The van der Waals surface area contributed by atoms with Gasteiger partial charge in [0.15, 0.2) is 0 Å². The van der Waals surface area contributed by atoms with Gasteiger partial charge < -0.3 is 9.32 Å². The Balaban J connectivity index is 1.11. The number of aromatic nitrogens is 1. The monoisotopic (exact) mass is 700 g/mol. The van der Waals surface area contributed by atoms with Crippen molar-refractivity contribution in [3.05, 3.63) is 217 Å². The Hall–Kier alpha value is -7.23. The van der Waals surface area contributed by atoms with Crippen LogP contribution < -0.4 is 4.90 Å². The zero-order chi connectivity index (χ0) is 36.1. The summed E-state index contributed by atoms with van der Waals surface area (Å²) in [6.45, 7) is 0. The number of anilines is 3. The molecule has 256 valence electrons. The molecular formula is C52H32N2O. The summed E-state index contributed by atoms with van der Waals surface area (Å²) in [5.74, 6) is 0. The van der Waals surface area contributed by atoms with Crippen molar-refractivity contribution in [2.45, 2.75) is 5.41 Å². The van der Waals surface area contributed by atoms with Crippen LogP contribution in [0.25, 0.3) is 66.2 Å². The average molecular weight is 701 g/mol. The number of hydrogen-bond acceptors (Lipinski definition) is 3. The van der Waals surface area contributed by atoms with E-state index >= 15 is 0 Å². The van der Waals surface area contributed by atoms with Crippen molar-refractivity contribution in [2.75, 3.05) is 4.90 Å². The van der Waals surface area contributed by atoms with E-state index in [0.29, 0.717) is 5.71 Å².